The zero-order chi connectivity index (χ0) is 10.2. The van der Waals surface area contributed by atoms with Gasteiger partial charge in [0.05, 0.1) is 12.3 Å². The van der Waals surface area contributed by atoms with Crippen LogP contribution < -0.4 is 0 Å². The highest BCUT2D eigenvalue weighted by molar-refractivity contribution is 5.74. The van der Waals surface area contributed by atoms with Gasteiger partial charge in [-0.15, -0.1) is 0 Å². The summed E-state index contributed by atoms with van der Waals surface area (Å²) in [5.41, 5.74) is 2.15. The Hall–Kier alpha value is -1.09. The zero-order valence-electron chi connectivity index (χ0n) is 8.83. The van der Waals surface area contributed by atoms with Gasteiger partial charge in [-0.05, 0) is 18.6 Å². The highest BCUT2D eigenvalue weighted by Crippen LogP contribution is 2.30. The summed E-state index contributed by atoms with van der Waals surface area (Å²) in [6.45, 7) is 6.43. The molecule has 0 aliphatic carbocycles. The van der Waals surface area contributed by atoms with Gasteiger partial charge in [0.1, 0.15) is 5.76 Å². The average Bonchev–Trinajstić information content (AvgIpc) is 2.34. The van der Waals surface area contributed by atoms with Gasteiger partial charge < -0.3 is 9.47 Å². The summed E-state index contributed by atoms with van der Waals surface area (Å²) in [5.74, 6) is 0.381. The van der Waals surface area contributed by atoms with Gasteiger partial charge in [0, 0.05) is 26.5 Å². The van der Waals surface area contributed by atoms with Gasteiger partial charge in [-0.1, -0.05) is 0 Å². The molecular weight excluding hydrogens is 178 g/mol. The van der Waals surface area contributed by atoms with Crippen LogP contribution in [0, 0.1) is 0 Å². The Balaban J connectivity index is 2.38. The van der Waals surface area contributed by atoms with Crippen LogP contribution in [0.2, 0.25) is 0 Å². The maximum Gasteiger partial charge on any atom is 0.204 e. The lowest BCUT2D eigenvalue weighted by Crippen LogP contribution is -2.26. The molecule has 2 aliphatic rings. The molecule has 2 bridgehead atoms. The molecule has 0 N–H and O–H groups in total. The fourth-order valence-electron chi connectivity index (χ4n) is 1.52. The molecule has 0 amide bonds. The largest absolute Gasteiger partial charge is 0.465 e. The number of allylic oxidation sites excluding steroid dienone is 3. The summed E-state index contributed by atoms with van der Waals surface area (Å²) in [5, 5.41) is 0. The number of fused-ring (bicyclic) bond motifs is 2. The molecule has 0 spiro atoms. The Morgan fingerprint density at radius 2 is 2.21 bits per heavy atom. The number of nitrogens with zero attached hydrogens (tertiary/aromatic N) is 1. The molecule has 2 aliphatic heterocycles. The molecular formula is C11H15NO2. The first-order valence-corrected chi connectivity index (χ1v) is 4.82. The third-order valence-electron chi connectivity index (χ3n) is 2.34. The van der Waals surface area contributed by atoms with E-state index in [9.17, 15) is 0 Å². The molecule has 0 aromatic heterocycles. The molecule has 2 rings (SSSR count). The van der Waals surface area contributed by atoms with Crippen LogP contribution in [-0.2, 0) is 9.47 Å². The van der Waals surface area contributed by atoms with Crippen molar-refractivity contribution < 1.29 is 9.47 Å². The van der Waals surface area contributed by atoms with E-state index in [0.717, 1.165) is 17.9 Å². The second-order valence-corrected chi connectivity index (χ2v) is 4.08. The van der Waals surface area contributed by atoms with E-state index in [-0.39, 0.29) is 0 Å². The predicted molar refractivity (Wildman–Crippen MR) is 55.0 cm³/mol. The molecule has 76 valence electrons. The van der Waals surface area contributed by atoms with E-state index in [1.165, 1.54) is 5.57 Å². The summed E-state index contributed by atoms with van der Waals surface area (Å²) in [6, 6.07) is 0. The SMILES string of the molecule is CC1=C2CC(=CC=N1)COC(C)(C)O2. The lowest BCUT2D eigenvalue weighted by molar-refractivity contribution is -0.177. The number of aliphatic imine (C=N–C) groups is 1. The Kier molecular flexibility index (Phi) is 2.19. The molecule has 0 radical (unpaired) electrons. The standard InChI is InChI=1S/C11H15NO2/c1-8-10-6-9(4-5-12-8)7-13-11(2,3)14-10/h4-5H,6-7H2,1-3H3. The van der Waals surface area contributed by atoms with E-state index < -0.39 is 5.79 Å². The van der Waals surface area contributed by atoms with Crippen molar-refractivity contribution in [2.24, 2.45) is 4.99 Å². The van der Waals surface area contributed by atoms with Crippen LogP contribution in [0.3, 0.4) is 0 Å². The molecule has 3 nitrogen and oxygen atoms in total. The topological polar surface area (TPSA) is 30.8 Å². The second kappa shape index (κ2) is 3.24. The van der Waals surface area contributed by atoms with E-state index in [4.69, 9.17) is 9.47 Å². The summed E-state index contributed by atoms with van der Waals surface area (Å²) >= 11 is 0. The second-order valence-electron chi connectivity index (χ2n) is 4.08. The lowest BCUT2D eigenvalue weighted by atomic mass is 10.1. The smallest absolute Gasteiger partial charge is 0.204 e. The number of ether oxygens (including phenoxy) is 2. The normalized spacial score (nSPS) is 24.9. The van der Waals surface area contributed by atoms with Gasteiger partial charge in [-0.25, -0.2) is 0 Å². The molecule has 1 saturated heterocycles. The van der Waals surface area contributed by atoms with Crippen molar-refractivity contribution in [1.29, 1.82) is 0 Å². The van der Waals surface area contributed by atoms with Gasteiger partial charge in [-0.2, -0.15) is 0 Å². The van der Waals surface area contributed by atoms with Crippen molar-refractivity contribution >= 4 is 6.21 Å². The van der Waals surface area contributed by atoms with Gasteiger partial charge >= 0.3 is 0 Å². The van der Waals surface area contributed by atoms with E-state index in [0.29, 0.717) is 6.61 Å². The monoisotopic (exact) mass is 193 g/mol. The number of hydrogen-bond donors (Lipinski definition) is 0. The molecule has 2 heterocycles. The fourth-order valence-corrected chi connectivity index (χ4v) is 1.52. The molecule has 0 aromatic rings. The minimum absolute atomic E-state index is 0.543. The van der Waals surface area contributed by atoms with Crippen molar-refractivity contribution in [3.05, 3.63) is 23.1 Å². The van der Waals surface area contributed by atoms with Crippen molar-refractivity contribution in [1.82, 2.24) is 0 Å². The molecule has 0 unspecified atom stereocenters. The van der Waals surface area contributed by atoms with Crippen LogP contribution in [0.25, 0.3) is 0 Å². The average molecular weight is 193 g/mol. The quantitative estimate of drug-likeness (QED) is 0.591. The van der Waals surface area contributed by atoms with Crippen LogP contribution in [0.5, 0.6) is 0 Å². The van der Waals surface area contributed by atoms with Gasteiger partial charge in [-0.3, -0.25) is 4.99 Å². The molecule has 0 atom stereocenters. The van der Waals surface area contributed by atoms with E-state index >= 15 is 0 Å². The molecule has 1 fully saturated rings. The number of hydrogen-bond acceptors (Lipinski definition) is 3. The van der Waals surface area contributed by atoms with E-state index in [2.05, 4.69) is 4.99 Å². The number of rotatable bonds is 0. The summed E-state index contributed by atoms with van der Waals surface area (Å²) in [4.78, 5) is 4.27. The highest BCUT2D eigenvalue weighted by atomic mass is 16.7. The van der Waals surface area contributed by atoms with Crippen molar-refractivity contribution in [2.75, 3.05) is 6.61 Å². The maximum atomic E-state index is 5.76. The first-order valence-electron chi connectivity index (χ1n) is 4.82. The molecule has 0 aromatic carbocycles. The first kappa shape index (κ1) is 9.46. The van der Waals surface area contributed by atoms with Gasteiger partial charge in [0.15, 0.2) is 0 Å². The Labute approximate surface area is 84.1 Å². The van der Waals surface area contributed by atoms with Crippen LogP contribution in [0.1, 0.15) is 27.2 Å². The van der Waals surface area contributed by atoms with Crippen LogP contribution in [-0.4, -0.2) is 18.6 Å². The summed E-state index contributed by atoms with van der Waals surface area (Å²) in [7, 11) is 0. The first-order chi connectivity index (χ1) is 6.57. The minimum Gasteiger partial charge on any atom is -0.465 e. The van der Waals surface area contributed by atoms with Crippen molar-refractivity contribution in [2.45, 2.75) is 33.0 Å². The van der Waals surface area contributed by atoms with E-state index in [1.807, 2.05) is 33.1 Å². The Morgan fingerprint density at radius 1 is 1.43 bits per heavy atom. The van der Waals surface area contributed by atoms with Crippen molar-refractivity contribution in [3.8, 4) is 0 Å². The zero-order valence-corrected chi connectivity index (χ0v) is 8.83. The minimum atomic E-state index is -0.543. The van der Waals surface area contributed by atoms with Crippen LogP contribution >= 0.6 is 0 Å². The van der Waals surface area contributed by atoms with Crippen LogP contribution in [0.15, 0.2) is 28.1 Å². The fraction of sp³-hybridized carbons (Fsp3) is 0.545. The molecule has 14 heavy (non-hydrogen) atoms. The molecule has 0 saturated carbocycles. The van der Waals surface area contributed by atoms with Crippen molar-refractivity contribution in [3.63, 3.8) is 0 Å². The lowest BCUT2D eigenvalue weighted by Gasteiger charge is -2.25. The third-order valence-corrected chi connectivity index (χ3v) is 2.34. The summed E-state index contributed by atoms with van der Waals surface area (Å²) in [6.07, 6.45) is 4.62. The Bertz CT molecular complexity index is 337. The van der Waals surface area contributed by atoms with Crippen LogP contribution in [0.4, 0.5) is 0 Å². The predicted octanol–water partition coefficient (Wildman–Crippen LogP) is 2.40. The summed E-state index contributed by atoms with van der Waals surface area (Å²) < 4.78 is 11.4. The third kappa shape index (κ3) is 1.87. The Morgan fingerprint density at radius 3 is 3.00 bits per heavy atom. The van der Waals surface area contributed by atoms with Gasteiger partial charge in [0.2, 0.25) is 5.79 Å². The van der Waals surface area contributed by atoms with E-state index in [1.54, 1.807) is 0 Å². The maximum absolute atomic E-state index is 5.76. The van der Waals surface area contributed by atoms with Gasteiger partial charge in [0.25, 0.3) is 0 Å². The highest BCUT2D eigenvalue weighted by Gasteiger charge is 2.27. The molecule has 3 heteroatoms.